The van der Waals surface area contributed by atoms with Gasteiger partial charge in [0.2, 0.25) is 0 Å². The molecule has 110 valence electrons. The second kappa shape index (κ2) is 9.13. The van der Waals surface area contributed by atoms with Crippen LogP contribution in [0.4, 0.5) is 0 Å². The number of nitrogens with one attached hydrogen (secondary N) is 1. The summed E-state index contributed by atoms with van der Waals surface area (Å²) < 4.78 is 1.90. The highest BCUT2D eigenvalue weighted by atomic mass is 15.2. The molecule has 0 aliphatic carbocycles. The number of aromatic nitrogens is 2. The summed E-state index contributed by atoms with van der Waals surface area (Å²) in [5.74, 6) is 0.772. The average molecular weight is 265 g/mol. The highest BCUT2D eigenvalue weighted by molar-refractivity contribution is 5.02. The molecule has 0 spiro atoms. The summed E-state index contributed by atoms with van der Waals surface area (Å²) >= 11 is 0. The van der Waals surface area contributed by atoms with Crippen molar-refractivity contribution < 1.29 is 0 Å². The van der Waals surface area contributed by atoms with E-state index in [4.69, 9.17) is 0 Å². The molecule has 3 heteroatoms. The molecule has 0 fully saturated rings. The van der Waals surface area contributed by atoms with Gasteiger partial charge in [-0.1, -0.05) is 40.0 Å². The van der Waals surface area contributed by atoms with Crippen molar-refractivity contribution in [2.24, 2.45) is 13.0 Å². The SMILES string of the molecule is CCCCC(CC)C(Cc1ccn(C)n1)NCCC. The monoisotopic (exact) mass is 265 g/mol. The maximum atomic E-state index is 4.53. The predicted molar refractivity (Wildman–Crippen MR) is 82.3 cm³/mol. The molecule has 0 bridgehead atoms. The second-order valence-corrected chi connectivity index (χ2v) is 5.56. The quantitative estimate of drug-likeness (QED) is 0.701. The number of nitrogens with zero attached hydrogens (tertiary/aromatic N) is 2. The zero-order chi connectivity index (χ0) is 14.1. The summed E-state index contributed by atoms with van der Waals surface area (Å²) in [6.07, 6.45) is 9.52. The van der Waals surface area contributed by atoms with Crippen molar-refractivity contribution in [3.8, 4) is 0 Å². The van der Waals surface area contributed by atoms with E-state index < -0.39 is 0 Å². The van der Waals surface area contributed by atoms with Gasteiger partial charge in [0.25, 0.3) is 0 Å². The van der Waals surface area contributed by atoms with Crippen LogP contribution in [0.3, 0.4) is 0 Å². The first kappa shape index (κ1) is 16.2. The molecule has 19 heavy (non-hydrogen) atoms. The minimum atomic E-state index is 0.575. The number of hydrogen-bond donors (Lipinski definition) is 1. The summed E-state index contributed by atoms with van der Waals surface area (Å²) in [7, 11) is 1.99. The molecular formula is C16H31N3. The molecular weight excluding hydrogens is 234 g/mol. The Morgan fingerprint density at radius 3 is 2.58 bits per heavy atom. The van der Waals surface area contributed by atoms with E-state index >= 15 is 0 Å². The van der Waals surface area contributed by atoms with E-state index in [0.717, 1.165) is 18.9 Å². The standard InChI is InChI=1S/C16H31N3/c1-5-8-9-14(7-3)16(17-11-6-2)13-15-10-12-19(4)18-15/h10,12,14,16-17H,5-9,11,13H2,1-4H3. The Bertz CT molecular complexity index is 332. The van der Waals surface area contributed by atoms with Crippen molar-refractivity contribution in [2.45, 2.75) is 65.3 Å². The van der Waals surface area contributed by atoms with Crippen molar-refractivity contribution >= 4 is 0 Å². The fourth-order valence-electron chi connectivity index (χ4n) is 2.69. The number of hydrogen-bond acceptors (Lipinski definition) is 2. The molecule has 0 aliphatic rings. The molecule has 1 rings (SSSR count). The molecule has 2 atom stereocenters. The van der Waals surface area contributed by atoms with Gasteiger partial charge in [-0.3, -0.25) is 4.68 Å². The van der Waals surface area contributed by atoms with Gasteiger partial charge in [0, 0.05) is 25.7 Å². The van der Waals surface area contributed by atoms with Crippen molar-refractivity contribution in [1.82, 2.24) is 15.1 Å². The van der Waals surface area contributed by atoms with Crippen LogP contribution >= 0.6 is 0 Å². The van der Waals surface area contributed by atoms with Gasteiger partial charge in [-0.05, 0) is 31.4 Å². The van der Waals surface area contributed by atoms with Gasteiger partial charge in [0.05, 0.1) is 5.69 Å². The normalized spacial score (nSPS) is 14.5. The lowest BCUT2D eigenvalue weighted by atomic mass is 9.88. The van der Waals surface area contributed by atoms with Crippen LogP contribution in [0, 0.1) is 5.92 Å². The third-order valence-electron chi connectivity index (χ3n) is 3.88. The lowest BCUT2D eigenvalue weighted by Gasteiger charge is -2.27. The Balaban J connectivity index is 2.62. The molecule has 2 unspecified atom stereocenters. The Labute approximate surface area is 118 Å². The zero-order valence-corrected chi connectivity index (χ0v) is 13.2. The molecule has 1 aromatic rings. The smallest absolute Gasteiger partial charge is 0.0640 e. The van der Waals surface area contributed by atoms with Crippen LogP contribution in [0.1, 0.15) is 58.6 Å². The van der Waals surface area contributed by atoms with Crippen molar-refractivity contribution in [2.75, 3.05) is 6.54 Å². The fraction of sp³-hybridized carbons (Fsp3) is 0.812. The number of rotatable bonds is 10. The average Bonchev–Trinajstić information content (AvgIpc) is 2.81. The van der Waals surface area contributed by atoms with E-state index in [1.165, 1.54) is 37.8 Å². The van der Waals surface area contributed by atoms with Gasteiger partial charge in [0.1, 0.15) is 0 Å². The Hall–Kier alpha value is -0.830. The lowest BCUT2D eigenvalue weighted by Crippen LogP contribution is -2.38. The summed E-state index contributed by atoms with van der Waals surface area (Å²) in [5.41, 5.74) is 1.21. The fourth-order valence-corrected chi connectivity index (χ4v) is 2.69. The van der Waals surface area contributed by atoms with E-state index in [0.29, 0.717) is 6.04 Å². The van der Waals surface area contributed by atoms with E-state index in [1.807, 2.05) is 17.9 Å². The van der Waals surface area contributed by atoms with Crippen LogP contribution < -0.4 is 5.32 Å². The number of aryl methyl sites for hydroxylation is 1. The maximum Gasteiger partial charge on any atom is 0.0640 e. The molecule has 0 saturated heterocycles. The van der Waals surface area contributed by atoms with Crippen LogP contribution in [0.2, 0.25) is 0 Å². The van der Waals surface area contributed by atoms with Crippen LogP contribution in [-0.4, -0.2) is 22.4 Å². The lowest BCUT2D eigenvalue weighted by molar-refractivity contribution is 0.313. The van der Waals surface area contributed by atoms with Crippen LogP contribution in [0.15, 0.2) is 12.3 Å². The van der Waals surface area contributed by atoms with Gasteiger partial charge < -0.3 is 5.32 Å². The van der Waals surface area contributed by atoms with Gasteiger partial charge in [-0.25, -0.2) is 0 Å². The first-order valence-electron chi connectivity index (χ1n) is 7.93. The van der Waals surface area contributed by atoms with E-state index in [2.05, 4.69) is 37.3 Å². The van der Waals surface area contributed by atoms with Gasteiger partial charge in [-0.15, -0.1) is 0 Å². The largest absolute Gasteiger partial charge is 0.313 e. The molecule has 3 nitrogen and oxygen atoms in total. The first-order chi connectivity index (χ1) is 9.21. The molecule has 0 aromatic carbocycles. The summed E-state index contributed by atoms with van der Waals surface area (Å²) in [6.45, 7) is 7.94. The molecule has 0 saturated carbocycles. The van der Waals surface area contributed by atoms with Crippen molar-refractivity contribution in [3.63, 3.8) is 0 Å². The molecule has 0 radical (unpaired) electrons. The molecule has 1 aromatic heterocycles. The summed E-state index contributed by atoms with van der Waals surface area (Å²) in [4.78, 5) is 0. The zero-order valence-electron chi connectivity index (χ0n) is 13.2. The van der Waals surface area contributed by atoms with Crippen LogP contribution in [-0.2, 0) is 13.5 Å². The minimum Gasteiger partial charge on any atom is -0.313 e. The van der Waals surface area contributed by atoms with Crippen molar-refractivity contribution in [1.29, 1.82) is 0 Å². The topological polar surface area (TPSA) is 29.9 Å². The maximum absolute atomic E-state index is 4.53. The minimum absolute atomic E-state index is 0.575. The Kier molecular flexibility index (Phi) is 7.80. The Morgan fingerprint density at radius 1 is 1.26 bits per heavy atom. The first-order valence-corrected chi connectivity index (χ1v) is 7.93. The van der Waals surface area contributed by atoms with Gasteiger partial charge in [-0.2, -0.15) is 5.10 Å². The molecule has 0 aliphatic heterocycles. The van der Waals surface area contributed by atoms with E-state index in [-0.39, 0.29) is 0 Å². The molecule has 1 heterocycles. The summed E-state index contributed by atoms with van der Waals surface area (Å²) in [5, 5.41) is 8.27. The Morgan fingerprint density at radius 2 is 2.05 bits per heavy atom. The molecule has 0 amide bonds. The summed E-state index contributed by atoms with van der Waals surface area (Å²) in [6, 6.07) is 2.72. The molecule has 1 N–H and O–H groups in total. The highest BCUT2D eigenvalue weighted by Crippen LogP contribution is 2.20. The van der Waals surface area contributed by atoms with Gasteiger partial charge in [0.15, 0.2) is 0 Å². The second-order valence-electron chi connectivity index (χ2n) is 5.56. The number of unbranched alkanes of at least 4 members (excludes halogenated alkanes) is 1. The predicted octanol–water partition coefficient (Wildman–Crippen LogP) is 3.55. The third-order valence-corrected chi connectivity index (χ3v) is 3.88. The third kappa shape index (κ3) is 5.77. The van der Waals surface area contributed by atoms with E-state index in [1.54, 1.807) is 0 Å². The van der Waals surface area contributed by atoms with E-state index in [9.17, 15) is 0 Å². The van der Waals surface area contributed by atoms with Crippen LogP contribution in [0.5, 0.6) is 0 Å². The van der Waals surface area contributed by atoms with Crippen LogP contribution in [0.25, 0.3) is 0 Å². The highest BCUT2D eigenvalue weighted by Gasteiger charge is 2.20. The van der Waals surface area contributed by atoms with Gasteiger partial charge >= 0.3 is 0 Å². The van der Waals surface area contributed by atoms with Crippen molar-refractivity contribution in [3.05, 3.63) is 18.0 Å².